The molecule has 1 aliphatic rings. The molecule has 6 heteroatoms. The monoisotopic (exact) mass is 349 g/mol. The van der Waals surface area contributed by atoms with Crippen molar-refractivity contribution in [2.75, 3.05) is 25.0 Å². The van der Waals surface area contributed by atoms with Crippen molar-refractivity contribution >= 4 is 5.82 Å². The van der Waals surface area contributed by atoms with E-state index in [1.807, 2.05) is 42.5 Å². The molecule has 26 heavy (non-hydrogen) atoms. The summed E-state index contributed by atoms with van der Waals surface area (Å²) in [6.45, 7) is 5.36. The zero-order chi connectivity index (χ0) is 17.8. The molecule has 2 aromatic heterocycles. The molecule has 4 rings (SSSR count). The lowest BCUT2D eigenvalue weighted by Gasteiger charge is -2.23. The van der Waals surface area contributed by atoms with Crippen molar-refractivity contribution in [2.45, 2.75) is 25.8 Å². The summed E-state index contributed by atoms with van der Waals surface area (Å²) in [5.74, 6) is 1.79. The Labute approximate surface area is 153 Å². The molecule has 0 radical (unpaired) electrons. The lowest BCUT2D eigenvalue weighted by atomic mass is 10.2. The van der Waals surface area contributed by atoms with Crippen molar-refractivity contribution in [1.29, 1.82) is 0 Å². The number of hydrogen-bond donors (Lipinski definition) is 1. The number of likely N-dealkylation sites (tertiary alicyclic amines) is 1. The Morgan fingerprint density at radius 2 is 1.96 bits per heavy atom. The Morgan fingerprint density at radius 1 is 1.12 bits per heavy atom. The van der Waals surface area contributed by atoms with E-state index in [0.29, 0.717) is 17.8 Å². The first kappa shape index (κ1) is 16.7. The number of pyridine rings is 1. The van der Waals surface area contributed by atoms with E-state index in [1.165, 1.54) is 19.4 Å². The van der Waals surface area contributed by atoms with Gasteiger partial charge in [-0.25, -0.2) is 4.98 Å². The van der Waals surface area contributed by atoms with Crippen LogP contribution in [0.25, 0.3) is 22.9 Å². The molecule has 3 aromatic rings. The first-order chi connectivity index (χ1) is 12.8. The topological polar surface area (TPSA) is 67.1 Å². The number of likely N-dealkylation sites (N-methyl/N-ethyl adjacent to an activating group) is 1. The van der Waals surface area contributed by atoms with Crippen LogP contribution >= 0.6 is 0 Å². The van der Waals surface area contributed by atoms with Crippen molar-refractivity contribution in [3.63, 3.8) is 0 Å². The number of nitrogens with zero attached hydrogens (tertiary/aromatic N) is 4. The van der Waals surface area contributed by atoms with Crippen LogP contribution in [0.15, 0.2) is 53.1 Å². The Balaban J connectivity index is 1.54. The van der Waals surface area contributed by atoms with Crippen LogP contribution < -0.4 is 5.32 Å². The van der Waals surface area contributed by atoms with Gasteiger partial charge in [0.05, 0.1) is 5.56 Å². The maximum atomic E-state index is 5.90. The van der Waals surface area contributed by atoms with Crippen LogP contribution in [-0.2, 0) is 0 Å². The quantitative estimate of drug-likeness (QED) is 0.732. The van der Waals surface area contributed by atoms with Crippen LogP contribution in [0.2, 0.25) is 0 Å². The summed E-state index contributed by atoms with van der Waals surface area (Å²) in [5, 5.41) is 11.9. The minimum Gasteiger partial charge on any atom is -0.416 e. The SMILES string of the molecule is CCN1CCC[C@H]1CNc1ncccc1-c1nnc(-c2ccccc2)o1. The fraction of sp³-hybridized carbons (Fsp3) is 0.350. The number of rotatable bonds is 6. The molecule has 6 nitrogen and oxygen atoms in total. The maximum Gasteiger partial charge on any atom is 0.251 e. The lowest BCUT2D eigenvalue weighted by Crippen LogP contribution is -2.34. The molecule has 1 fully saturated rings. The van der Waals surface area contributed by atoms with Crippen molar-refractivity contribution in [2.24, 2.45) is 0 Å². The average molecular weight is 349 g/mol. The van der Waals surface area contributed by atoms with Gasteiger partial charge in [0.2, 0.25) is 5.89 Å². The van der Waals surface area contributed by atoms with Gasteiger partial charge in [-0.1, -0.05) is 25.1 Å². The Hall–Kier alpha value is -2.73. The normalized spacial score (nSPS) is 17.5. The molecule has 0 saturated carbocycles. The molecule has 1 atom stereocenters. The van der Waals surface area contributed by atoms with Crippen LogP contribution in [0, 0.1) is 0 Å². The molecule has 0 amide bonds. The van der Waals surface area contributed by atoms with Crippen LogP contribution in [0.1, 0.15) is 19.8 Å². The second-order valence-corrected chi connectivity index (χ2v) is 6.48. The zero-order valence-corrected chi connectivity index (χ0v) is 14.9. The number of aromatic nitrogens is 3. The minimum absolute atomic E-state index is 0.484. The van der Waals surface area contributed by atoms with E-state index in [4.69, 9.17) is 4.42 Å². The number of anilines is 1. The summed E-state index contributed by atoms with van der Waals surface area (Å²) in [4.78, 5) is 7.00. The summed E-state index contributed by atoms with van der Waals surface area (Å²) >= 11 is 0. The molecule has 1 saturated heterocycles. The summed E-state index contributed by atoms with van der Waals surface area (Å²) in [7, 11) is 0. The molecule has 134 valence electrons. The average Bonchev–Trinajstić information content (AvgIpc) is 3.36. The van der Waals surface area contributed by atoms with Gasteiger partial charge in [0.25, 0.3) is 5.89 Å². The third-order valence-electron chi connectivity index (χ3n) is 4.89. The van der Waals surface area contributed by atoms with Gasteiger partial charge in [-0.15, -0.1) is 10.2 Å². The highest BCUT2D eigenvalue weighted by molar-refractivity contribution is 5.69. The van der Waals surface area contributed by atoms with Gasteiger partial charge in [-0.3, -0.25) is 4.90 Å². The standard InChI is InChI=1S/C20H23N5O/c1-2-25-13-7-10-16(25)14-22-18-17(11-6-12-21-18)20-24-23-19(26-20)15-8-4-3-5-9-15/h3-6,8-9,11-12,16H,2,7,10,13-14H2,1H3,(H,21,22)/t16-/m0/s1. The van der Waals surface area contributed by atoms with E-state index in [-0.39, 0.29) is 0 Å². The molecule has 3 heterocycles. The maximum absolute atomic E-state index is 5.90. The van der Waals surface area contributed by atoms with Crippen molar-refractivity contribution in [3.05, 3.63) is 48.7 Å². The Kier molecular flexibility index (Phi) is 4.93. The van der Waals surface area contributed by atoms with Gasteiger partial charge in [0, 0.05) is 24.3 Å². The van der Waals surface area contributed by atoms with E-state index in [1.54, 1.807) is 6.20 Å². The van der Waals surface area contributed by atoms with Crippen LogP contribution in [0.3, 0.4) is 0 Å². The summed E-state index contributed by atoms with van der Waals surface area (Å²) in [6, 6.07) is 14.2. The molecular weight excluding hydrogens is 326 g/mol. The number of nitrogens with one attached hydrogen (secondary N) is 1. The zero-order valence-electron chi connectivity index (χ0n) is 14.9. The molecule has 1 aliphatic heterocycles. The van der Waals surface area contributed by atoms with Gasteiger partial charge in [0.1, 0.15) is 5.82 Å². The van der Waals surface area contributed by atoms with Crippen LogP contribution in [0.4, 0.5) is 5.82 Å². The first-order valence-corrected chi connectivity index (χ1v) is 9.17. The van der Waals surface area contributed by atoms with Gasteiger partial charge in [-0.05, 0) is 50.2 Å². The smallest absolute Gasteiger partial charge is 0.251 e. The minimum atomic E-state index is 0.484. The van der Waals surface area contributed by atoms with E-state index in [9.17, 15) is 0 Å². The largest absolute Gasteiger partial charge is 0.416 e. The molecular formula is C20H23N5O. The number of hydrogen-bond acceptors (Lipinski definition) is 6. The van der Waals surface area contributed by atoms with Crippen molar-refractivity contribution < 1.29 is 4.42 Å². The van der Waals surface area contributed by atoms with Gasteiger partial charge in [0.15, 0.2) is 0 Å². The second kappa shape index (κ2) is 7.66. The van der Waals surface area contributed by atoms with E-state index >= 15 is 0 Å². The molecule has 1 N–H and O–H groups in total. The third kappa shape index (κ3) is 3.46. The lowest BCUT2D eigenvalue weighted by molar-refractivity contribution is 0.277. The van der Waals surface area contributed by atoms with Crippen molar-refractivity contribution in [1.82, 2.24) is 20.1 Å². The summed E-state index contributed by atoms with van der Waals surface area (Å²) in [6.07, 6.45) is 4.27. The fourth-order valence-electron chi connectivity index (χ4n) is 3.51. The van der Waals surface area contributed by atoms with E-state index in [2.05, 4.69) is 32.3 Å². The summed E-state index contributed by atoms with van der Waals surface area (Å²) < 4.78 is 5.90. The van der Waals surface area contributed by atoms with Gasteiger partial charge in [-0.2, -0.15) is 0 Å². The molecule has 0 unspecified atom stereocenters. The Bertz CT molecular complexity index is 848. The molecule has 0 spiro atoms. The predicted molar refractivity (Wildman–Crippen MR) is 102 cm³/mol. The highest BCUT2D eigenvalue weighted by Crippen LogP contribution is 2.28. The highest BCUT2D eigenvalue weighted by atomic mass is 16.4. The number of benzene rings is 1. The van der Waals surface area contributed by atoms with Crippen molar-refractivity contribution in [3.8, 4) is 22.9 Å². The van der Waals surface area contributed by atoms with Crippen LogP contribution in [-0.4, -0.2) is 45.8 Å². The molecule has 0 bridgehead atoms. The molecule has 1 aromatic carbocycles. The predicted octanol–water partition coefficient (Wildman–Crippen LogP) is 3.69. The Morgan fingerprint density at radius 3 is 2.81 bits per heavy atom. The molecule has 0 aliphatic carbocycles. The fourth-order valence-corrected chi connectivity index (χ4v) is 3.51. The van der Waals surface area contributed by atoms with Crippen LogP contribution in [0.5, 0.6) is 0 Å². The second-order valence-electron chi connectivity index (χ2n) is 6.48. The highest BCUT2D eigenvalue weighted by Gasteiger charge is 2.23. The van der Waals surface area contributed by atoms with Gasteiger partial charge < -0.3 is 9.73 Å². The van der Waals surface area contributed by atoms with E-state index < -0.39 is 0 Å². The van der Waals surface area contributed by atoms with Gasteiger partial charge >= 0.3 is 0 Å². The van der Waals surface area contributed by atoms with E-state index in [0.717, 1.165) is 30.0 Å². The first-order valence-electron chi connectivity index (χ1n) is 9.17. The third-order valence-corrected chi connectivity index (χ3v) is 4.89. The summed E-state index contributed by atoms with van der Waals surface area (Å²) in [5.41, 5.74) is 1.75.